The third-order valence-electron chi connectivity index (χ3n) is 6.06. The van der Waals surface area contributed by atoms with Crippen molar-refractivity contribution in [2.75, 3.05) is 0 Å². The Morgan fingerprint density at radius 2 is 1.57 bits per heavy atom. The Hall–Kier alpha value is -4.57. The molecule has 0 aliphatic carbocycles. The first-order valence-electron chi connectivity index (χ1n) is 11.5. The van der Waals surface area contributed by atoms with E-state index in [1.54, 1.807) is 0 Å². The number of rotatable bonds is 8. The minimum atomic E-state index is -0.794. The molecule has 5 aromatic rings. The molecule has 35 heavy (non-hydrogen) atoms. The molecule has 0 saturated carbocycles. The third kappa shape index (κ3) is 4.73. The van der Waals surface area contributed by atoms with Gasteiger partial charge in [-0.15, -0.1) is 0 Å². The lowest BCUT2D eigenvalue weighted by Crippen LogP contribution is -1.97. The average Bonchev–Trinajstić information content (AvgIpc) is 3.27. The molecule has 0 unspecified atom stereocenters. The van der Waals surface area contributed by atoms with E-state index in [-0.39, 0.29) is 6.42 Å². The Kier molecular flexibility index (Phi) is 6.18. The second-order valence-corrected chi connectivity index (χ2v) is 8.36. The number of aliphatic carboxylic acids is 1. The molecule has 4 aromatic carbocycles. The maximum absolute atomic E-state index is 11.1. The molecule has 172 valence electrons. The minimum Gasteiger partial charge on any atom is -0.481 e. The van der Waals surface area contributed by atoms with Gasteiger partial charge in [0.05, 0.1) is 5.52 Å². The van der Waals surface area contributed by atoms with E-state index < -0.39 is 5.97 Å². The Balaban J connectivity index is 1.58. The summed E-state index contributed by atoms with van der Waals surface area (Å²) in [6.45, 7) is 3.99. The number of aryl methyl sites for hydroxylation is 1. The lowest BCUT2D eigenvalue weighted by molar-refractivity contribution is -0.136. The standard InChI is InChI=1S/C31H25NO3/c1-2-23-8-6-7-11-27(23)29-21-32(30-18-12-22(20-28(29)30)13-19-31(33)34)24-14-16-26(17-15-24)35-25-9-4-3-5-10-25/h2-12,14-18,20-21H,1,13,19H2,(H,33,34). The molecule has 4 heteroatoms. The van der Waals surface area contributed by atoms with Crippen molar-refractivity contribution in [2.45, 2.75) is 12.8 Å². The monoisotopic (exact) mass is 459 g/mol. The Bertz CT molecular complexity index is 1500. The van der Waals surface area contributed by atoms with Gasteiger partial charge in [0, 0.05) is 29.3 Å². The van der Waals surface area contributed by atoms with Crippen LogP contribution in [0.4, 0.5) is 0 Å². The zero-order valence-electron chi connectivity index (χ0n) is 19.2. The van der Waals surface area contributed by atoms with Gasteiger partial charge in [0.1, 0.15) is 11.5 Å². The average molecular weight is 460 g/mol. The molecule has 0 aliphatic heterocycles. The van der Waals surface area contributed by atoms with Crippen molar-refractivity contribution in [3.05, 3.63) is 121 Å². The molecule has 1 N–H and O–H groups in total. The number of benzene rings is 4. The summed E-state index contributed by atoms with van der Waals surface area (Å²) in [4.78, 5) is 11.1. The van der Waals surface area contributed by atoms with E-state index in [4.69, 9.17) is 9.84 Å². The van der Waals surface area contributed by atoms with Crippen molar-refractivity contribution < 1.29 is 14.6 Å². The van der Waals surface area contributed by atoms with E-state index in [1.807, 2.05) is 78.9 Å². The van der Waals surface area contributed by atoms with E-state index in [2.05, 4.69) is 41.6 Å². The maximum atomic E-state index is 11.1. The van der Waals surface area contributed by atoms with Gasteiger partial charge in [-0.1, -0.05) is 61.2 Å². The summed E-state index contributed by atoms with van der Waals surface area (Å²) in [5, 5.41) is 10.2. The summed E-state index contributed by atoms with van der Waals surface area (Å²) >= 11 is 0. The molecule has 4 nitrogen and oxygen atoms in total. The minimum absolute atomic E-state index is 0.105. The summed E-state index contributed by atoms with van der Waals surface area (Å²) in [6.07, 6.45) is 4.60. The Morgan fingerprint density at radius 3 is 2.31 bits per heavy atom. The largest absolute Gasteiger partial charge is 0.481 e. The van der Waals surface area contributed by atoms with Crippen LogP contribution in [-0.2, 0) is 11.2 Å². The first-order valence-corrected chi connectivity index (χ1v) is 11.5. The molecule has 0 saturated heterocycles. The summed E-state index contributed by atoms with van der Waals surface area (Å²) in [5.41, 5.74) is 6.28. The van der Waals surface area contributed by atoms with Gasteiger partial charge < -0.3 is 14.4 Å². The molecule has 0 fully saturated rings. The van der Waals surface area contributed by atoms with Crippen LogP contribution in [0.1, 0.15) is 17.5 Å². The van der Waals surface area contributed by atoms with Crippen molar-refractivity contribution in [2.24, 2.45) is 0 Å². The first-order chi connectivity index (χ1) is 17.1. The van der Waals surface area contributed by atoms with Gasteiger partial charge in [0.2, 0.25) is 0 Å². The smallest absolute Gasteiger partial charge is 0.303 e. The molecular formula is C31H25NO3. The number of hydrogen-bond acceptors (Lipinski definition) is 2. The van der Waals surface area contributed by atoms with Gasteiger partial charge in [0.25, 0.3) is 0 Å². The van der Waals surface area contributed by atoms with Gasteiger partial charge in [-0.05, 0) is 71.6 Å². The van der Waals surface area contributed by atoms with Crippen LogP contribution in [0, 0.1) is 0 Å². The molecule has 0 aliphatic rings. The molecule has 5 rings (SSSR count). The highest BCUT2D eigenvalue weighted by atomic mass is 16.5. The lowest BCUT2D eigenvalue weighted by atomic mass is 9.97. The summed E-state index contributed by atoms with van der Waals surface area (Å²) in [6, 6.07) is 32.1. The fourth-order valence-corrected chi connectivity index (χ4v) is 4.33. The second kappa shape index (κ2) is 9.74. The van der Waals surface area contributed by atoms with E-state index >= 15 is 0 Å². The molecule has 1 aromatic heterocycles. The van der Waals surface area contributed by atoms with Crippen LogP contribution >= 0.6 is 0 Å². The number of ether oxygens (including phenoxy) is 1. The molecule has 0 spiro atoms. The van der Waals surface area contributed by atoms with Crippen LogP contribution in [0.3, 0.4) is 0 Å². The van der Waals surface area contributed by atoms with Crippen LogP contribution in [0.2, 0.25) is 0 Å². The van der Waals surface area contributed by atoms with Crippen molar-refractivity contribution >= 4 is 22.9 Å². The van der Waals surface area contributed by atoms with Crippen molar-refractivity contribution in [1.82, 2.24) is 4.57 Å². The maximum Gasteiger partial charge on any atom is 0.303 e. The van der Waals surface area contributed by atoms with E-state index in [1.165, 1.54) is 0 Å². The number of para-hydroxylation sites is 1. The lowest BCUT2D eigenvalue weighted by Gasteiger charge is -2.09. The van der Waals surface area contributed by atoms with E-state index in [0.29, 0.717) is 6.42 Å². The first kappa shape index (κ1) is 22.2. The molecule has 1 heterocycles. The third-order valence-corrected chi connectivity index (χ3v) is 6.06. The zero-order valence-corrected chi connectivity index (χ0v) is 19.2. The van der Waals surface area contributed by atoms with Crippen molar-refractivity contribution in [1.29, 1.82) is 0 Å². The topological polar surface area (TPSA) is 51.5 Å². The van der Waals surface area contributed by atoms with E-state index in [0.717, 1.165) is 50.3 Å². The summed E-state index contributed by atoms with van der Waals surface area (Å²) < 4.78 is 8.12. The predicted molar refractivity (Wildman–Crippen MR) is 141 cm³/mol. The van der Waals surface area contributed by atoms with Crippen LogP contribution in [0.5, 0.6) is 11.5 Å². The van der Waals surface area contributed by atoms with Gasteiger partial charge in [-0.25, -0.2) is 0 Å². The highest BCUT2D eigenvalue weighted by Crippen LogP contribution is 2.36. The molecule has 0 radical (unpaired) electrons. The molecule has 0 amide bonds. The van der Waals surface area contributed by atoms with Gasteiger partial charge in [0.15, 0.2) is 0 Å². The molecule has 0 atom stereocenters. The number of fused-ring (bicyclic) bond motifs is 1. The highest BCUT2D eigenvalue weighted by Gasteiger charge is 2.15. The van der Waals surface area contributed by atoms with Gasteiger partial charge in [-0.3, -0.25) is 4.79 Å². The SMILES string of the molecule is C=Cc1ccccc1-c1cn(-c2ccc(Oc3ccccc3)cc2)c2ccc(CCC(=O)O)cc12. The number of nitrogens with zero attached hydrogens (tertiary/aromatic N) is 1. The van der Waals surface area contributed by atoms with Crippen molar-refractivity contribution in [3.8, 4) is 28.3 Å². The predicted octanol–water partition coefficient (Wildman–Crippen LogP) is 7.75. The quantitative estimate of drug-likeness (QED) is 0.258. The van der Waals surface area contributed by atoms with E-state index in [9.17, 15) is 4.79 Å². The fraction of sp³-hybridized carbons (Fsp3) is 0.0645. The Labute approximate surface area is 204 Å². The highest BCUT2D eigenvalue weighted by molar-refractivity contribution is 5.99. The van der Waals surface area contributed by atoms with Crippen LogP contribution in [-0.4, -0.2) is 15.6 Å². The van der Waals surface area contributed by atoms with Crippen LogP contribution in [0.25, 0.3) is 33.8 Å². The van der Waals surface area contributed by atoms with Crippen LogP contribution < -0.4 is 4.74 Å². The second-order valence-electron chi connectivity index (χ2n) is 8.36. The Morgan fingerprint density at radius 1 is 0.857 bits per heavy atom. The number of hydrogen-bond donors (Lipinski definition) is 1. The summed E-state index contributed by atoms with van der Waals surface area (Å²) in [5.74, 6) is 0.770. The summed E-state index contributed by atoms with van der Waals surface area (Å²) in [7, 11) is 0. The van der Waals surface area contributed by atoms with Crippen LogP contribution in [0.15, 0.2) is 110 Å². The normalized spacial score (nSPS) is 10.9. The fourth-order valence-electron chi connectivity index (χ4n) is 4.33. The van der Waals surface area contributed by atoms with Gasteiger partial charge in [-0.2, -0.15) is 0 Å². The van der Waals surface area contributed by atoms with Crippen molar-refractivity contribution in [3.63, 3.8) is 0 Å². The zero-order chi connectivity index (χ0) is 24.2. The van der Waals surface area contributed by atoms with Gasteiger partial charge >= 0.3 is 5.97 Å². The number of carbonyl (C=O) groups is 1. The molecule has 0 bridgehead atoms. The number of carboxylic acids is 1. The number of carboxylic acid groups (broad SMARTS) is 1. The molecular weight excluding hydrogens is 434 g/mol. The number of aromatic nitrogens is 1.